The molecule has 0 spiro atoms. The molecule has 0 saturated heterocycles. The number of nitrogens with zero attached hydrogens (tertiary/aromatic N) is 1. The molecule has 3 aromatic carbocycles. The summed E-state index contributed by atoms with van der Waals surface area (Å²) in [6, 6.07) is 26.4. The molecule has 0 saturated carbocycles. The summed E-state index contributed by atoms with van der Waals surface area (Å²) in [5.74, 6) is 0. The molecule has 0 fully saturated rings. The van der Waals surface area contributed by atoms with Crippen LogP contribution in [0.25, 0.3) is 11.1 Å². The summed E-state index contributed by atoms with van der Waals surface area (Å²) in [4.78, 5) is 4.51. The Morgan fingerprint density at radius 1 is 0.947 bits per heavy atom. The Morgan fingerprint density at radius 3 is 2.55 bits per heavy atom. The first-order chi connectivity index (χ1) is 18.5. The van der Waals surface area contributed by atoms with E-state index < -0.39 is 5.41 Å². The Bertz CT molecular complexity index is 1580. The van der Waals surface area contributed by atoms with Gasteiger partial charge in [0.15, 0.2) is 0 Å². The molecule has 1 aliphatic carbocycles. The lowest BCUT2D eigenvalue weighted by atomic mass is 9.68. The minimum Gasteiger partial charge on any atom is -0.358 e. The number of nitrogens with one attached hydrogen (secondary N) is 1. The van der Waals surface area contributed by atoms with Gasteiger partial charge >= 0.3 is 0 Å². The minimum absolute atomic E-state index is 0.212. The summed E-state index contributed by atoms with van der Waals surface area (Å²) in [5.41, 5.74) is 12.3. The predicted molar refractivity (Wildman–Crippen MR) is 157 cm³/mol. The zero-order valence-electron chi connectivity index (χ0n) is 22.0. The molecular weight excluding hydrogens is 464 g/mol. The first-order valence-electron chi connectivity index (χ1n) is 13.1. The molecule has 188 valence electrons. The maximum Gasteiger partial charge on any atom is 0.147 e. The number of pyridine rings is 1. The van der Waals surface area contributed by atoms with Crippen LogP contribution >= 0.6 is 0 Å². The largest absolute Gasteiger partial charge is 0.358 e. The number of allylic oxidation sites excluding steroid dienone is 2. The van der Waals surface area contributed by atoms with Crippen molar-refractivity contribution in [1.82, 2.24) is 4.98 Å². The molecule has 6 bridgehead atoms. The standard InChI is InChI=1S/C35H32N2O/c1-5-35(30-10-7-17-36-22-30)28-14-12-24(3)26(19-28)13-11-23(2)25-8-6-9-27(18-25)31-21-34(38-4)37-33-16-15-29(35)20-32(31)33/h5-10,12,14-22,34,37H,1-2,11,13H2,3-4H3. The molecule has 2 atom stereocenters. The van der Waals surface area contributed by atoms with Crippen molar-refractivity contribution in [3.8, 4) is 0 Å². The van der Waals surface area contributed by atoms with E-state index in [0.717, 1.165) is 51.9 Å². The molecule has 3 heteroatoms. The summed E-state index contributed by atoms with van der Waals surface area (Å²) in [5, 5.41) is 3.53. The molecule has 38 heavy (non-hydrogen) atoms. The Balaban J connectivity index is 1.69. The van der Waals surface area contributed by atoms with E-state index in [0.29, 0.717) is 0 Å². The fourth-order valence-corrected chi connectivity index (χ4v) is 5.93. The summed E-state index contributed by atoms with van der Waals surface area (Å²) >= 11 is 0. The van der Waals surface area contributed by atoms with Gasteiger partial charge in [-0.2, -0.15) is 0 Å². The van der Waals surface area contributed by atoms with E-state index in [1.165, 1.54) is 22.3 Å². The number of rotatable bonds is 3. The van der Waals surface area contributed by atoms with Crippen LogP contribution in [0.4, 0.5) is 5.69 Å². The third kappa shape index (κ3) is 3.91. The van der Waals surface area contributed by atoms with Gasteiger partial charge in [0, 0.05) is 30.8 Å². The predicted octanol–water partition coefficient (Wildman–Crippen LogP) is 7.70. The second-order valence-electron chi connectivity index (χ2n) is 10.2. The lowest BCUT2D eigenvalue weighted by Gasteiger charge is -2.35. The minimum atomic E-state index is -0.571. The van der Waals surface area contributed by atoms with Crippen LogP contribution in [0, 0.1) is 6.92 Å². The van der Waals surface area contributed by atoms with Crippen molar-refractivity contribution in [2.75, 3.05) is 12.4 Å². The topological polar surface area (TPSA) is 34.1 Å². The normalized spacial score (nSPS) is 20.1. The molecule has 2 unspecified atom stereocenters. The number of anilines is 1. The van der Waals surface area contributed by atoms with Gasteiger partial charge in [-0.15, -0.1) is 6.58 Å². The SMILES string of the molecule is C=CC1(c2cccnc2)c2ccc(C)c(c2)CCC(=C)c2cccc(c2)C2=CC(OC)Nc3ccc1cc32. The van der Waals surface area contributed by atoms with Crippen LogP contribution in [0.5, 0.6) is 0 Å². The number of methoxy groups -OCH3 is 1. The molecule has 0 radical (unpaired) electrons. The Labute approximate surface area is 225 Å². The van der Waals surface area contributed by atoms with Crippen LogP contribution < -0.4 is 5.32 Å². The maximum atomic E-state index is 5.75. The van der Waals surface area contributed by atoms with Crippen LogP contribution in [0.2, 0.25) is 0 Å². The summed E-state index contributed by atoms with van der Waals surface area (Å²) < 4.78 is 5.75. The van der Waals surface area contributed by atoms with Gasteiger partial charge in [-0.05, 0) is 100 Å². The maximum absolute atomic E-state index is 5.75. The lowest BCUT2D eigenvalue weighted by Crippen LogP contribution is -2.29. The molecule has 2 heterocycles. The van der Waals surface area contributed by atoms with E-state index in [9.17, 15) is 0 Å². The van der Waals surface area contributed by atoms with Gasteiger partial charge in [-0.1, -0.05) is 61.2 Å². The summed E-state index contributed by atoms with van der Waals surface area (Å²) in [6.45, 7) is 11.1. The highest BCUT2D eigenvalue weighted by Crippen LogP contribution is 2.45. The Hall–Kier alpha value is -4.21. The number of ether oxygens (including phenoxy) is 1. The zero-order chi connectivity index (χ0) is 26.3. The third-order valence-corrected chi connectivity index (χ3v) is 8.14. The van der Waals surface area contributed by atoms with Crippen LogP contribution in [0.1, 0.15) is 50.9 Å². The van der Waals surface area contributed by atoms with Gasteiger partial charge in [0.2, 0.25) is 0 Å². The van der Waals surface area contributed by atoms with Gasteiger partial charge in [0.25, 0.3) is 0 Å². The average molecular weight is 497 g/mol. The van der Waals surface area contributed by atoms with Crippen molar-refractivity contribution in [3.05, 3.63) is 155 Å². The van der Waals surface area contributed by atoms with Gasteiger partial charge in [0.1, 0.15) is 6.23 Å². The molecule has 1 aromatic heterocycles. The van der Waals surface area contributed by atoms with Crippen molar-refractivity contribution in [1.29, 1.82) is 0 Å². The molecule has 6 rings (SSSR count). The molecule has 2 aliphatic rings. The monoisotopic (exact) mass is 496 g/mol. The number of benzene rings is 3. The van der Waals surface area contributed by atoms with Crippen molar-refractivity contribution in [3.63, 3.8) is 0 Å². The Morgan fingerprint density at radius 2 is 1.76 bits per heavy atom. The lowest BCUT2D eigenvalue weighted by molar-refractivity contribution is 0.162. The van der Waals surface area contributed by atoms with E-state index in [1.54, 1.807) is 7.11 Å². The van der Waals surface area contributed by atoms with Gasteiger partial charge in [-0.3, -0.25) is 4.98 Å². The second kappa shape index (κ2) is 9.59. The van der Waals surface area contributed by atoms with Crippen LogP contribution in [-0.4, -0.2) is 18.3 Å². The van der Waals surface area contributed by atoms with E-state index in [-0.39, 0.29) is 6.23 Å². The fraction of sp³-hybridized carbons (Fsp3) is 0.171. The highest BCUT2D eigenvalue weighted by molar-refractivity contribution is 5.90. The number of fused-ring (bicyclic) bond motifs is 6. The van der Waals surface area contributed by atoms with Gasteiger partial charge in [-0.25, -0.2) is 0 Å². The number of hydrogen-bond acceptors (Lipinski definition) is 3. The van der Waals surface area contributed by atoms with E-state index in [4.69, 9.17) is 4.74 Å². The molecule has 3 nitrogen and oxygen atoms in total. The zero-order valence-corrected chi connectivity index (χ0v) is 22.0. The molecule has 1 aliphatic heterocycles. The van der Waals surface area contributed by atoms with Crippen molar-refractivity contribution >= 4 is 16.8 Å². The quantitative estimate of drug-likeness (QED) is 0.295. The average Bonchev–Trinajstić information content (AvgIpc) is 2.97. The van der Waals surface area contributed by atoms with Crippen LogP contribution in [0.3, 0.4) is 0 Å². The van der Waals surface area contributed by atoms with Crippen LogP contribution in [0.15, 0.2) is 111 Å². The second-order valence-corrected chi connectivity index (χ2v) is 10.2. The van der Waals surface area contributed by atoms with Crippen molar-refractivity contribution in [2.24, 2.45) is 0 Å². The van der Waals surface area contributed by atoms with E-state index >= 15 is 0 Å². The van der Waals surface area contributed by atoms with E-state index in [1.807, 2.05) is 18.5 Å². The van der Waals surface area contributed by atoms with Crippen LogP contribution in [-0.2, 0) is 16.6 Å². The highest BCUT2D eigenvalue weighted by atomic mass is 16.5. The van der Waals surface area contributed by atoms with Crippen molar-refractivity contribution < 1.29 is 4.74 Å². The van der Waals surface area contributed by atoms with Gasteiger partial charge in [0.05, 0.1) is 5.41 Å². The molecule has 1 N–H and O–H groups in total. The van der Waals surface area contributed by atoms with E-state index in [2.05, 4.69) is 109 Å². The Kier molecular flexibility index (Phi) is 6.09. The molecule has 4 aromatic rings. The first-order valence-corrected chi connectivity index (χ1v) is 13.1. The summed E-state index contributed by atoms with van der Waals surface area (Å²) in [6.07, 6.45) is 9.63. The first kappa shape index (κ1) is 24.1. The smallest absolute Gasteiger partial charge is 0.147 e. The fourth-order valence-electron chi connectivity index (χ4n) is 5.93. The molecular formula is C35H32N2O. The van der Waals surface area contributed by atoms with Crippen molar-refractivity contribution in [2.45, 2.75) is 31.4 Å². The highest BCUT2D eigenvalue weighted by Gasteiger charge is 2.35. The third-order valence-electron chi connectivity index (χ3n) is 8.14. The number of aromatic nitrogens is 1. The number of aryl methyl sites for hydroxylation is 2. The summed E-state index contributed by atoms with van der Waals surface area (Å²) in [7, 11) is 1.73. The molecule has 0 amide bonds. The number of hydrogen-bond donors (Lipinski definition) is 1. The van der Waals surface area contributed by atoms with Gasteiger partial charge < -0.3 is 10.1 Å².